The number of hydrogen-bond acceptors (Lipinski definition) is 3. The van der Waals surface area contributed by atoms with Crippen molar-refractivity contribution in [3.63, 3.8) is 0 Å². The van der Waals surface area contributed by atoms with E-state index in [2.05, 4.69) is 5.32 Å². The van der Waals surface area contributed by atoms with E-state index < -0.39 is 17.9 Å². The number of carbonyl (C=O) groups is 2. The fourth-order valence-corrected chi connectivity index (χ4v) is 1.88. The number of amides is 2. The standard InChI is InChI=1S/C17H18N2O3/c1-12(17(18)21)19-16(20)11-22-15-9-7-14(8-10-15)13-5-3-2-4-6-13/h2-10,12H,11H2,1H3,(H2,18,21)(H,19,20). The van der Waals surface area contributed by atoms with Crippen molar-refractivity contribution < 1.29 is 14.3 Å². The largest absolute Gasteiger partial charge is 0.484 e. The molecule has 5 nitrogen and oxygen atoms in total. The predicted molar refractivity (Wildman–Crippen MR) is 84.2 cm³/mol. The Morgan fingerprint density at radius 2 is 1.64 bits per heavy atom. The van der Waals surface area contributed by atoms with Crippen molar-refractivity contribution >= 4 is 11.8 Å². The highest BCUT2D eigenvalue weighted by molar-refractivity contribution is 5.86. The molecule has 5 heteroatoms. The smallest absolute Gasteiger partial charge is 0.258 e. The van der Waals surface area contributed by atoms with Crippen molar-refractivity contribution in [3.05, 3.63) is 54.6 Å². The van der Waals surface area contributed by atoms with E-state index >= 15 is 0 Å². The lowest BCUT2D eigenvalue weighted by atomic mass is 10.1. The van der Waals surface area contributed by atoms with Gasteiger partial charge in [-0.3, -0.25) is 9.59 Å². The molecule has 0 aliphatic rings. The predicted octanol–water partition coefficient (Wildman–Crippen LogP) is 1.72. The molecular formula is C17H18N2O3. The van der Waals surface area contributed by atoms with Crippen LogP contribution in [0.1, 0.15) is 6.92 Å². The van der Waals surface area contributed by atoms with Gasteiger partial charge in [0.1, 0.15) is 11.8 Å². The topological polar surface area (TPSA) is 81.4 Å². The second-order valence-corrected chi connectivity index (χ2v) is 4.87. The van der Waals surface area contributed by atoms with Crippen molar-refractivity contribution in [2.24, 2.45) is 5.73 Å². The second kappa shape index (κ2) is 7.26. The fourth-order valence-electron chi connectivity index (χ4n) is 1.88. The van der Waals surface area contributed by atoms with E-state index in [1.807, 2.05) is 42.5 Å². The molecule has 0 radical (unpaired) electrons. The third-order valence-electron chi connectivity index (χ3n) is 3.14. The number of primary amides is 1. The lowest BCUT2D eigenvalue weighted by molar-refractivity contribution is -0.128. The summed E-state index contributed by atoms with van der Waals surface area (Å²) in [6.45, 7) is 1.36. The second-order valence-electron chi connectivity index (χ2n) is 4.87. The highest BCUT2D eigenvalue weighted by Crippen LogP contribution is 2.21. The summed E-state index contributed by atoms with van der Waals surface area (Å²) >= 11 is 0. The van der Waals surface area contributed by atoms with Crippen molar-refractivity contribution in [2.45, 2.75) is 13.0 Å². The zero-order valence-corrected chi connectivity index (χ0v) is 12.3. The van der Waals surface area contributed by atoms with Crippen molar-refractivity contribution in [1.29, 1.82) is 0 Å². The van der Waals surface area contributed by atoms with E-state index in [1.54, 1.807) is 12.1 Å². The lowest BCUT2D eigenvalue weighted by Gasteiger charge is -2.11. The van der Waals surface area contributed by atoms with Gasteiger partial charge in [-0.05, 0) is 30.2 Å². The summed E-state index contributed by atoms with van der Waals surface area (Å²) in [4.78, 5) is 22.4. The zero-order chi connectivity index (χ0) is 15.9. The molecule has 22 heavy (non-hydrogen) atoms. The maximum absolute atomic E-state index is 11.6. The molecule has 0 saturated heterocycles. The maximum atomic E-state index is 11.6. The Hall–Kier alpha value is -2.82. The summed E-state index contributed by atoms with van der Waals surface area (Å²) in [6.07, 6.45) is 0. The number of ether oxygens (including phenoxy) is 1. The molecule has 2 amide bonds. The lowest BCUT2D eigenvalue weighted by Crippen LogP contribution is -2.44. The third kappa shape index (κ3) is 4.34. The minimum atomic E-state index is -0.712. The number of rotatable bonds is 6. The van der Waals surface area contributed by atoms with Crippen LogP contribution in [0, 0.1) is 0 Å². The van der Waals surface area contributed by atoms with Gasteiger partial charge in [-0.15, -0.1) is 0 Å². The van der Waals surface area contributed by atoms with Crippen LogP contribution in [0.15, 0.2) is 54.6 Å². The molecule has 0 aliphatic carbocycles. The number of hydrogen-bond donors (Lipinski definition) is 2. The highest BCUT2D eigenvalue weighted by atomic mass is 16.5. The Kier molecular flexibility index (Phi) is 5.14. The van der Waals surface area contributed by atoms with Gasteiger partial charge in [0, 0.05) is 0 Å². The van der Waals surface area contributed by atoms with E-state index in [0.717, 1.165) is 11.1 Å². The summed E-state index contributed by atoms with van der Waals surface area (Å²) in [5.74, 6) is -0.388. The maximum Gasteiger partial charge on any atom is 0.258 e. The summed E-state index contributed by atoms with van der Waals surface area (Å²) in [6, 6.07) is 16.7. The normalized spacial score (nSPS) is 11.5. The Labute approximate surface area is 129 Å². The van der Waals surface area contributed by atoms with Gasteiger partial charge in [0.25, 0.3) is 5.91 Å². The highest BCUT2D eigenvalue weighted by Gasteiger charge is 2.12. The molecule has 1 unspecified atom stereocenters. The monoisotopic (exact) mass is 298 g/mol. The molecule has 0 fully saturated rings. The summed E-state index contributed by atoms with van der Waals surface area (Å²) in [7, 11) is 0. The molecule has 2 rings (SSSR count). The molecule has 0 spiro atoms. The van der Waals surface area contributed by atoms with E-state index in [0.29, 0.717) is 5.75 Å². The first-order valence-electron chi connectivity index (χ1n) is 6.93. The Bertz CT molecular complexity index is 639. The van der Waals surface area contributed by atoms with Crippen molar-refractivity contribution in [1.82, 2.24) is 5.32 Å². The van der Waals surface area contributed by atoms with Gasteiger partial charge in [-0.1, -0.05) is 42.5 Å². The molecule has 0 bridgehead atoms. The average molecular weight is 298 g/mol. The molecule has 114 valence electrons. The van der Waals surface area contributed by atoms with Gasteiger partial charge < -0.3 is 15.8 Å². The molecule has 2 aromatic rings. The van der Waals surface area contributed by atoms with Gasteiger partial charge >= 0.3 is 0 Å². The summed E-state index contributed by atoms with van der Waals surface area (Å²) in [5.41, 5.74) is 7.25. The molecule has 2 aromatic carbocycles. The molecule has 3 N–H and O–H groups in total. The van der Waals surface area contributed by atoms with Crippen LogP contribution in [0.4, 0.5) is 0 Å². The van der Waals surface area contributed by atoms with Gasteiger partial charge in [-0.2, -0.15) is 0 Å². The van der Waals surface area contributed by atoms with Crippen LogP contribution in [0.5, 0.6) is 5.75 Å². The van der Waals surface area contributed by atoms with Crippen LogP contribution in [0.2, 0.25) is 0 Å². The van der Waals surface area contributed by atoms with Crippen LogP contribution in [0.3, 0.4) is 0 Å². The molecule has 0 aliphatic heterocycles. The van der Waals surface area contributed by atoms with Gasteiger partial charge in [0.05, 0.1) is 0 Å². The molecular weight excluding hydrogens is 280 g/mol. The quantitative estimate of drug-likeness (QED) is 0.852. The summed E-state index contributed by atoms with van der Waals surface area (Å²) in [5, 5.41) is 2.45. The van der Waals surface area contributed by atoms with Crippen LogP contribution >= 0.6 is 0 Å². The average Bonchev–Trinajstić information content (AvgIpc) is 2.54. The van der Waals surface area contributed by atoms with E-state index in [9.17, 15) is 9.59 Å². The first-order chi connectivity index (χ1) is 10.6. The van der Waals surface area contributed by atoms with Crippen LogP contribution in [0.25, 0.3) is 11.1 Å². The molecule has 0 heterocycles. The van der Waals surface area contributed by atoms with E-state index in [1.165, 1.54) is 6.92 Å². The number of benzene rings is 2. The van der Waals surface area contributed by atoms with Gasteiger partial charge in [-0.25, -0.2) is 0 Å². The van der Waals surface area contributed by atoms with Crippen LogP contribution < -0.4 is 15.8 Å². The van der Waals surface area contributed by atoms with Gasteiger partial charge in [0.2, 0.25) is 5.91 Å². The Balaban J connectivity index is 1.89. The van der Waals surface area contributed by atoms with Crippen molar-refractivity contribution in [3.8, 4) is 16.9 Å². The third-order valence-corrected chi connectivity index (χ3v) is 3.14. The molecule has 0 saturated carbocycles. The SMILES string of the molecule is CC(NC(=O)COc1ccc(-c2ccccc2)cc1)C(N)=O. The minimum absolute atomic E-state index is 0.164. The Morgan fingerprint density at radius 1 is 1.05 bits per heavy atom. The minimum Gasteiger partial charge on any atom is -0.484 e. The first kappa shape index (κ1) is 15.6. The molecule has 1 atom stereocenters. The Morgan fingerprint density at radius 3 is 2.23 bits per heavy atom. The van der Waals surface area contributed by atoms with E-state index in [4.69, 9.17) is 10.5 Å². The van der Waals surface area contributed by atoms with Crippen molar-refractivity contribution in [2.75, 3.05) is 6.61 Å². The number of nitrogens with two attached hydrogens (primary N) is 1. The first-order valence-corrected chi connectivity index (χ1v) is 6.93. The summed E-state index contributed by atoms with van der Waals surface area (Å²) < 4.78 is 5.38. The van der Waals surface area contributed by atoms with Crippen LogP contribution in [-0.4, -0.2) is 24.5 Å². The molecule has 0 aromatic heterocycles. The van der Waals surface area contributed by atoms with Gasteiger partial charge in [0.15, 0.2) is 6.61 Å². The number of nitrogens with one attached hydrogen (secondary N) is 1. The number of carbonyl (C=O) groups excluding carboxylic acids is 2. The van der Waals surface area contributed by atoms with Crippen LogP contribution in [-0.2, 0) is 9.59 Å². The van der Waals surface area contributed by atoms with E-state index in [-0.39, 0.29) is 6.61 Å². The zero-order valence-electron chi connectivity index (χ0n) is 12.3. The fraction of sp³-hybridized carbons (Fsp3) is 0.176.